The van der Waals surface area contributed by atoms with Crippen LogP contribution in [0.3, 0.4) is 0 Å². The number of pyridine rings is 1. The van der Waals surface area contributed by atoms with Crippen molar-refractivity contribution in [3.8, 4) is 17.0 Å². The van der Waals surface area contributed by atoms with Crippen LogP contribution in [0.25, 0.3) is 11.3 Å². The lowest BCUT2D eigenvalue weighted by Gasteiger charge is -2.15. The molecule has 2 aromatic heterocycles. The van der Waals surface area contributed by atoms with E-state index in [0.717, 1.165) is 25.3 Å². The number of unbranched alkanes of at least 4 members (excludes halogenated alkanes) is 2. The van der Waals surface area contributed by atoms with Gasteiger partial charge in [-0.3, -0.25) is 4.98 Å². The second-order valence-electron chi connectivity index (χ2n) is 6.97. The highest BCUT2D eigenvalue weighted by Gasteiger charge is 2.34. The number of halogens is 4. The molecular formula is C23H23F4N3OS. The normalized spacial score (nSPS) is 11.8. The SMILES string of the molecule is CCCCC=CCCOc1ccc(Nc2nc(-c3cccnc3)c(F)s2)cc1C(F)(F)F. The number of hydrogen-bond acceptors (Lipinski definition) is 5. The van der Waals surface area contributed by atoms with E-state index in [0.29, 0.717) is 23.3 Å². The molecule has 4 nitrogen and oxygen atoms in total. The first-order valence-corrected chi connectivity index (χ1v) is 11.0. The maximum Gasteiger partial charge on any atom is 0.420 e. The summed E-state index contributed by atoms with van der Waals surface area (Å²) in [6.07, 6.45) is 5.99. The van der Waals surface area contributed by atoms with Crippen molar-refractivity contribution < 1.29 is 22.3 Å². The van der Waals surface area contributed by atoms with Gasteiger partial charge >= 0.3 is 6.18 Å². The molecule has 0 unspecified atom stereocenters. The summed E-state index contributed by atoms with van der Waals surface area (Å²) >= 11 is 0.710. The highest BCUT2D eigenvalue weighted by Crippen LogP contribution is 2.39. The summed E-state index contributed by atoms with van der Waals surface area (Å²) in [4.78, 5) is 8.08. The van der Waals surface area contributed by atoms with Crippen LogP contribution in [0, 0.1) is 5.13 Å². The van der Waals surface area contributed by atoms with Crippen molar-refractivity contribution in [3.05, 3.63) is 65.6 Å². The standard InChI is InChI=1S/C23H23F4N3OS/c1-2-3-4-5-6-7-13-31-19-11-10-17(14-18(19)23(25,26)27)29-22-30-20(21(24)32-22)16-9-8-12-28-15-16/h5-6,8-12,14-15H,2-4,7,13H2,1H3,(H,29,30). The average Bonchev–Trinajstić information content (AvgIpc) is 3.13. The van der Waals surface area contributed by atoms with Gasteiger partial charge in [0.05, 0.1) is 12.2 Å². The molecule has 0 spiro atoms. The molecule has 3 rings (SSSR count). The van der Waals surface area contributed by atoms with Crippen molar-refractivity contribution in [2.45, 2.75) is 38.8 Å². The lowest BCUT2D eigenvalue weighted by atomic mass is 10.1. The van der Waals surface area contributed by atoms with Gasteiger partial charge in [0.2, 0.25) is 5.13 Å². The van der Waals surface area contributed by atoms with Crippen LogP contribution in [0.4, 0.5) is 28.4 Å². The summed E-state index contributed by atoms with van der Waals surface area (Å²) in [5.41, 5.74) is -0.191. The van der Waals surface area contributed by atoms with E-state index in [1.807, 2.05) is 12.2 Å². The topological polar surface area (TPSA) is 47.0 Å². The van der Waals surface area contributed by atoms with Crippen molar-refractivity contribution in [1.29, 1.82) is 0 Å². The lowest BCUT2D eigenvalue weighted by Crippen LogP contribution is -2.10. The molecule has 0 atom stereocenters. The third-order valence-electron chi connectivity index (χ3n) is 4.49. The molecule has 0 aliphatic heterocycles. The number of aromatic nitrogens is 2. The smallest absolute Gasteiger partial charge is 0.420 e. The van der Waals surface area contributed by atoms with Gasteiger partial charge in [0.15, 0.2) is 5.13 Å². The maximum absolute atomic E-state index is 14.3. The number of nitrogens with one attached hydrogen (secondary N) is 1. The molecule has 0 radical (unpaired) electrons. The van der Waals surface area contributed by atoms with Crippen LogP contribution in [0.15, 0.2) is 54.9 Å². The first-order chi connectivity index (χ1) is 15.4. The Bertz CT molecular complexity index is 1040. The molecule has 0 amide bonds. The predicted octanol–water partition coefficient (Wildman–Crippen LogP) is 7.62. The summed E-state index contributed by atoms with van der Waals surface area (Å²) in [5, 5.41) is 2.34. The van der Waals surface area contributed by atoms with E-state index in [9.17, 15) is 17.6 Å². The Hall–Kier alpha value is -2.94. The summed E-state index contributed by atoms with van der Waals surface area (Å²) in [7, 11) is 0. The number of allylic oxidation sites excluding steroid dienone is 1. The van der Waals surface area contributed by atoms with E-state index in [2.05, 4.69) is 22.2 Å². The van der Waals surface area contributed by atoms with Crippen molar-refractivity contribution in [2.24, 2.45) is 0 Å². The van der Waals surface area contributed by atoms with Crippen LogP contribution in [0.5, 0.6) is 5.75 Å². The van der Waals surface area contributed by atoms with Gasteiger partial charge in [0.1, 0.15) is 11.4 Å². The Kier molecular flexibility index (Phi) is 8.21. The van der Waals surface area contributed by atoms with Crippen LogP contribution >= 0.6 is 11.3 Å². The molecule has 170 valence electrons. The van der Waals surface area contributed by atoms with Crippen LogP contribution in [0.2, 0.25) is 0 Å². The lowest BCUT2D eigenvalue weighted by molar-refractivity contribution is -0.138. The number of nitrogens with zero attached hydrogens (tertiary/aromatic N) is 2. The van der Waals surface area contributed by atoms with Crippen molar-refractivity contribution in [2.75, 3.05) is 11.9 Å². The first-order valence-electron chi connectivity index (χ1n) is 10.2. The molecule has 1 N–H and O–H groups in total. The van der Waals surface area contributed by atoms with E-state index >= 15 is 0 Å². The fourth-order valence-electron chi connectivity index (χ4n) is 2.91. The minimum absolute atomic E-state index is 0.0913. The Morgan fingerprint density at radius 3 is 2.69 bits per heavy atom. The fraction of sp³-hybridized carbons (Fsp3) is 0.304. The zero-order valence-electron chi connectivity index (χ0n) is 17.5. The molecule has 0 saturated heterocycles. The first kappa shape index (κ1) is 23.7. The number of thiazole rings is 1. The second-order valence-corrected chi connectivity index (χ2v) is 7.92. The molecule has 0 aliphatic rings. The highest BCUT2D eigenvalue weighted by atomic mass is 32.1. The molecule has 3 aromatic rings. The van der Waals surface area contributed by atoms with E-state index in [4.69, 9.17) is 4.74 Å². The van der Waals surface area contributed by atoms with Crippen molar-refractivity contribution >= 4 is 22.2 Å². The molecule has 32 heavy (non-hydrogen) atoms. The summed E-state index contributed by atoms with van der Waals surface area (Å²) in [6, 6.07) is 6.95. The Labute approximate surface area is 188 Å². The molecule has 0 fully saturated rings. The number of benzene rings is 1. The van der Waals surface area contributed by atoms with E-state index in [1.165, 1.54) is 18.3 Å². The van der Waals surface area contributed by atoms with E-state index < -0.39 is 16.9 Å². The number of hydrogen-bond donors (Lipinski definition) is 1. The van der Waals surface area contributed by atoms with Gasteiger partial charge in [-0.2, -0.15) is 17.6 Å². The Morgan fingerprint density at radius 2 is 1.97 bits per heavy atom. The minimum Gasteiger partial charge on any atom is -0.493 e. The summed E-state index contributed by atoms with van der Waals surface area (Å²) < 4.78 is 60.4. The summed E-state index contributed by atoms with van der Waals surface area (Å²) in [6.45, 7) is 2.24. The van der Waals surface area contributed by atoms with Gasteiger partial charge in [0, 0.05) is 23.6 Å². The van der Waals surface area contributed by atoms with Gasteiger partial charge in [-0.15, -0.1) is 0 Å². The molecule has 1 aromatic carbocycles. The van der Waals surface area contributed by atoms with Crippen LogP contribution in [-0.2, 0) is 6.18 Å². The molecule has 9 heteroatoms. The van der Waals surface area contributed by atoms with Crippen molar-refractivity contribution in [1.82, 2.24) is 9.97 Å². The number of alkyl halides is 3. The van der Waals surface area contributed by atoms with Gasteiger partial charge in [-0.25, -0.2) is 4.98 Å². The highest BCUT2D eigenvalue weighted by molar-refractivity contribution is 7.14. The minimum atomic E-state index is -4.60. The second kappa shape index (κ2) is 11.1. The Balaban J connectivity index is 1.71. The quantitative estimate of drug-likeness (QED) is 0.190. The predicted molar refractivity (Wildman–Crippen MR) is 119 cm³/mol. The zero-order chi connectivity index (χ0) is 23.0. The van der Waals surface area contributed by atoms with Gasteiger partial charge in [-0.05, 0) is 43.2 Å². The monoisotopic (exact) mass is 465 g/mol. The van der Waals surface area contributed by atoms with Gasteiger partial charge in [0.25, 0.3) is 0 Å². The van der Waals surface area contributed by atoms with Crippen LogP contribution < -0.4 is 10.1 Å². The number of ether oxygens (including phenoxy) is 1. The molecule has 0 aliphatic carbocycles. The fourth-order valence-corrected chi connectivity index (χ4v) is 3.64. The van der Waals surface area contributed by atoms with Crippen LogP contribution in [0.1, 0.15) is 38.2 Å². The van der Waals surface area contributed by atoms with Gasteiger partial charge < -0.3 is 10.1 Å². The Morgan fingerprint density at radius 1 is 1.16 bits per heavy atom. The van der Waals surface area contributed by atoms with E-state index in [-0.39, 0.29) is 28.9 Å². The maximum atomic E-state index is 14.3. The van der Waals surface area contributed by atoms with E-state index in [1.54, 1.807) is 18.3 Å². The van der Waals surface area contributed by atoms with Gasteiger partial charge in [-0.1, -0.05) is 43.3 Å². The average molecular weight is 466 g/mol. The number of anilines is 2. The molecular weight excluding hydrogens is 442 g/mol. The number of rotatable bonds is 10. The molecule has 0 bridgehead atoms. The van der Waals surface area contributed by atoms with Crippen molar-refractivity contribution in [3.63, 3.8) is 0 Å². The van der Waals surface area contributed by atoms with Crippen LogP contribution in [-0.4, -0.2) is 16.6 Å². The molecule has 0 saturated carbocycles. The third kappa shape index (κ3) is 6.53. The largest absolute Gasteiger partial charge is 0.493 e. The summed E-state index contributed by atoms with van der Waals surface area (Å²) in [5.74, 6) is -0.244. The molecule has 2 heterocycles. The zero-order valence-corrected chi connectivity index (χ0v) is 18.3. The third-order valence-corrected chi connectivity index (χ3v) is 5.25.